The van der Waals surface area contributed by atoms with Gasteiger partial charge in [-0.1, -0.05) is 38.1 Å². The number of rotatable bonds is 7. The van der Waals surface area contributed by atoms with E-state index >= 15 is 0 Å². The summed E-state index contributed by atoms with van der Waals surface area (Å²) in [7, 11) is 0. The molecule has 6 heteroatoms. The molecule has 0 aliphatic heterocycles. The lowest BCUT2D eigenvalue weighted by Crippen LogP contribution is -2.15. The van der Waals surface area contributed by atoms with Crippen molar-refractivity contribution in [1.29, 1.82) is 0 Å². The molecule has 2 rings (SSSR count). The van der Waals surface area contributed by atoms with E-state index in [9.17, 15) is 14.4 Å². The number of amides is 2. The zero-order valence-corrected chi connectivity index (χ0v) is 15.3. The lowest BCUT2D eigenvalue weighted by atomic mass is 10.0. The molecular formula is C21H22N2O4. The predicted octanol–water partition coefficient (Wildman–Crippen LogP) is 3.64. The molecule has 0 bridgehead atoms. The quantitative estimate of drug-likeness (QED) is 0.652. The van der Waals surface area contributed by atoms with Crippen molar-refractivity contribution < 1.29 is 19.5 Å². The Morgan fingerprint density at radius 2 is 1.56 bits per heavy atom. The summed E-state index contributed by atoms with van der Waals surface area (Å²) in [6.07, 6.45) is 3.27. The normalized spacial score (nSPS) is 10.6. The van der Waals surface area contributed by atoms with Crippen molar-refractivity contribution in [1.82, 2.24) is 0 Å². The topological polar surface area (TPSA) is 95.5 Å². The van der Waals surface area contributed by atoms with Gasteiger partial charge < -0.3 is 15.7 Å². The third-order valence-corrected chi connectivity index (χ3v) is 4.01. The number of hydrogen-bond acceptors (Lipinski definition) is 3. The smallest absolute Gasteiger partial charge is 0.328 e. The second-order valence-corrected chi connectivity index (χ2v) is 5.85. The van der Waals surface area contributed by atoms with Crippen LogP contribution in [0.15, 0.2) is 54.6 Å². The molecule has 2 aromatic rings. The first kappa shape index (κ1) is 19.9. The van der Waals surface area contributed by atoms with Crippen molar-refractivity contribution in [2.24, 2.45) is 0 Å². The van der Waals surface area contributed by atoms with Crippen molar-refractivity contribution in [2.45, 2.75) is 26.7 Å². The minimum Gasteiger partial charge on any atom is -0.478 e. The molecule has 0 spiro atoms. The third kappa shape index (κ3) is 5.54. The number of aliphatic carboxylic acids is 1. The first-order valence-electron chi connectivity index (χ1n) is 8.68. The monoisotopic (exact) mass is 366 g/mol. The number of hydrogen-bond donors (Lipinski definition) is 3. The zero-order chi connectivity index (χ0) is 19.8. The highest BCUT2D eigenvalue weighted by molar-refractivity contribution is 6.07. The fourth-order valence-corrected chi connectivity index (χ4v) is 2.66. The summed E-state index contributed by atoms with van der Waals surface area (Å²) in [6, 6.07) is 12.4. The fourth-order valence-electron chi connectivity index (χ4n) is 2.66. The lowest BCUT2D eigenvalue weighted by molar-refractivity contribution is -0.131. The summed E-state index contributed by atoms with van der Waals surface area (Å²) in [5, 5.41) is 14.1. The molecule has 6 nitrogen and oxygen atoms in total. The van der Waals surface area contributed by atoms with E-state index in [-0.39, 0.29) is 5.91 Å². The average Bonchev–Trinajstić information content (AvgIpc) is 2.66. The largest absolute Gasteiger partial charge is 0.478 e. The summed E-state index contributed by atoms with van der Waals surface area (Å²) >= 11 is 0. The van der Waals surface area contributed by atoms with Crippen molar-refractivity contribution in [2.75, 3.05) is 10.6 Å². The van der Waals surface area contributed by atoms with Gasteiger partial charge in [-0.25, -0.2) is 4.79 Å². The van der Waals surface area contributed by atoms with E-state index in [0.29, 0.717) is 11.3 Å². The van der Waals surface area contributed by atoms with Crippen LogP contribution in [0.4, 0.5) is 11.4 Å². The Morgan fingerprint density at radius 1 is 0.926 bits per heavy atom. The van der Waals surface area contributed by atoms with Crippen LogP contribution < -0.4 is 10.6 Å². The molecule has 140 valence electrons. The van der Waals surface area contributed by atoms with Crippen LogP contribution in [0.2, 0.25) is 0 Å². The number of benzene rings is 2. The Kier molecular flexibility index (Phi) is 6.88. The molecule has 0 fully saturated rings. The van der Waals surface area contributed by atoms with Gasteiger partial charge in [0.15, 0.2) is 0 Å². The summed E-state index contributed by atoms with van der Waals surface area (Å²) in [6.45, 7) is 4.07. The van der Waals surface area contributed by atoms with Crippen molar-refractivity contribution >= 4 is 29.2 Å². The standard InChI is InChI=1S/C21H22N2O4/c1-3-14-7-5-8-15(4-2)20(14)23-21(27)16-9-6-10-17(13-16)22-18(24)11-12-19(25)26/h5-13H,3-4H2,1-2H3,(H,22,24)(H,23,27)(H,25,26)/b12-11-. The van der Waals surface area contributed by atoms with Gasteiger partial charge in [0.05, 0.1) is 0 Å². The molecule has 0 unspecified atom stereocenters. The number of para-hydroxylation sites is 1. The van der Waals surface area contributed by atoms with Crippen molar-refractivity contribution in [3.63, 3.8) is 0 Å². The van der Waals surface area contributed by atoms with Gasteiger partial charge >= 0.3 is 5.97 Å². The molecule has 2 aromatic carbocycles. The molecule has 0 atom stereocenters. The van der Waals surface area contributed by atoms with E-state index in [2.05, 4.69) is 10.6 Å². The van der Waals surface area contributed by atoms with Gasteiger partial charge in [0, 0.05) is 29.1 Å². The van der Waals surface area contributed by atoms with E-state index in [1.807, 2.05) is 32.0 Å². The van der Waals surface area contributed by atoms with Gasteiger partial charge in [-0.2, -0.15) is 0 Å². The maximum absolute atomic E-state index is 12.7. The van der Waals surface area contributed by atoms with Gasteiger partial charge in [-0.3, -0.25) is 9.59 Å². The highest BCUT2D eigenvalue weighted by Gasteiger charge is 2.12. The summed E-state index contributed by atoms with van der Waals surface area (Å²) < 4.78 is 0. The second kappa shape index (κ2) is 9.33. The SMILES string of the molecule is CCc1cccc(CC)c1NC(=O)c1cccc(NC(=O)/C=C\C(=O)O)c1. The summed E-state index contributed by atoms with van der Waals surface area (Å²) in [5.41, 5.74) is 3.74. The maximum Gasteiger partial charge on any atom is 0.328 e. The molecule has 0 heterocycles. The number of carboxylic acids is 1. The molecule has 0 saturated heterocycles. The van der Waals surface area contributed by atoms with Crippen LogP contribution in [0.3, 0.4) is 0 Å². The fraction of sp³-hybridized carbons (Fsp3) is 0.190. The number of nitrogens with one attached hydrogen (secondary N) is 2. The van der Waals surface area contributed by atoms with Gasteiger partial charge in [0.2, 0.25) is 5.91 Å². The Morgan fingerprint density at radius 3 is 2.15 bits per heavy atom. The molecule has 2 amide bonds. The zero-order valence-electron chi connectivity index (χ0n) is 15.3. The van der Waals surface area contributed by atoms with Gasteiger partial charge in [-0.15, -0.1) is 0 Å². The number of carbonyl (C=O) groups excluding carboxylic acids is 2. The Labute approximate surface area is 157 Å². The molecule has 0 saturated carbocycles. The van der Waals surface area contributed by atoms with E-state index < -0.39 is 11.9 Å². The summed E-state index contributed by atoms with van der Waals surface area (Å²) in [5.74, 6) is -2.07. The minimum absolute atomic E-state index is 0.275. The van der Waals surface area contributed by atoms with Gasteiger partial charge in [0.25, 0.3) is 5.91 Å². The van der Waals surface area contributed by atoms with Crippen molar-refractivity contribution in [3.8, 4) is 0 Å². The Hall–Kier alpha value is -3.41. The van der Waals surface area contributed by atoms with E-state index in [1.54, 1.807) is 24.3 Å². The Bertz CT molecular complexity index is 865. The van der Waals surface area contributed by atoms with Crippen LogP contribution in [0, 0.1) is 0 Å². The molecule has 27 heavy (non-hydrogen) atoms. The number of carbonyl (C=O) groups is 3. The van der Waals surface area contributed by atoms with Crippen LogP contribution in [0.25, 0.3) is 0 Å². The molecule has 0 aliphatic rings. The minimum atomic E-state index is -1.21. The van der Waals surface area contributed by atoms with Crippen LogP contribution in [0.5, 0.6) is 0 Å². The number of carboxylic acid groups (broad SMARTS) is 1. The third-order valence-electron chi connectivity index (χ3n) is 4.01. The molecular weight excluding hydrogens is 344 g/mol. The van der Waals surface area contributed by atoms with Crippen LogP contribution >= 0.6 is 0 Å². The second-order valence-electron chi connectivity index (χ2n) is 5.85. The average molecular weight is 366 g/mol. The lowest BCUT2D eigenvalue weighted by Gasteiger charge is -2.15. The number of aryl methyl sites for hydroxylation is 2. The van der Waals surface area contributed by atoms with Gasteiger partial charge in [-0.05, 0) is 42.2 Å². The van der Waals surface area contributed by atoms with E-state index in [1.165, 1.54) is 0 Å². The Balaban J connectivity index is 2.19. The molecule has 3 N–H and O–H groups in total. The van der Waals surface area contributed by atoms with Gasteiger partial charge in [0.1, 0.15) is 0 Å². The summed E-state index contributed by atoms with van der Waals surface area (Å²) in [4.78, 5) is 34.8. The first-order chi connectivity index (χ1) is 12.9. The molecule has 0 radical (unpaired) electrons. The molecule has 0 aromatic heterocycles. The van der Waals surface area contributed by atoms with E-state index in [4.69, 9.17) is 5.11 Å². The highest BCUT2D eigenvalue weighted by atomic mass is 16.4. The highest BCUT2D eigenvalue weighted by Crippen LogP contribution is 2.23. The van der Waals surface area contributed by atoms with Crippen LogP contribution in [-0.4, -0.2) is 22.9 Å². The van der Waals surface area contributed by atoms with Crippen LogP contribution in [-0.2, 0) is 22.4 Å². The number of anilines is 2. The maximum atomic E-state index is 12.7. The van der Waals surface area contributed by atoms with Crippen LogP contribution in [0.1, 0.15) is 35.3 Å². The first-order valence-corrected chi connectivity index (χ1v) is 8.68. The molecule has 0 aliphatic carbocycles. The predicted molar refractivity (Wildman–Crippen MR) is 105 cm³/mol. The van der Waals surface area contributed by atoms with Crippen molar-refractivity contribution in [3.05, 3.63) is 71.3 Å². The van der Waals surface area contributed by atoms with E-state index in [0.717, 1.165) is 41.8 Å².